The van der Waals surface area contributed by atoms with E-state index < -0.39 is 15.8 Å². The van der Waals surface area contributed by atoms with E-state index in [1.54, 1.807) is 6.92 Å². The molecular formula is C11H15FN2O3S. The lowest BCUT2D eigenvalue weighted by molar-refractivity contribution is 0.0393. The molecule has 0 spiro atoms. The molecule has 0 bridgehead atoms. The third kappa shape index (κ3) is 2.33. The quantitative estimate of drug-likeness (QED) is 0.810. The molecule has 2 N–H and O–H groups in total. The van der Waals surface area contributed by atoms with Crippen LogP contribution in [0, 0.1) is 5.82 Å². The van der Waals surface area contributed by atoms with Crippen molar-refractivity contribution in [2.24, 2.45) is 0 Å². The van der Waals surface area contributed by atoms with Crippen LogP contribution in [0.5, 0.6) is 0 Å². The zero-order valence-corrected chi connectivity index (χ0v) is 10.8. The number of benzene rings is 1. The first kappa shape index (κ1) is 13.3. The highest BCUT2D eigenvalue weighted by molar-refractivity contribution is 7.89. The van der Waals surface area contributed by atoms with E-state index >= 15 is 0 Å². The van der Waals surface area contributed by atoms with Crippen molar-refractivity contribution in [3.05, 3.63) is 24.0 Å². The molecule has 1 aliphatic heterocycles. The average Bonchev–Trinajstić information content (AvgIpc) is 2.28. The second kappa shape index (κ2) is 4.83. The van der Waals surface area contributed by atoms with Gasteiger partial charge in [-0.1, -0.05) is 0 Å². The van der Waals surface area contributed by atoms with Crippen LogP contribution < -0.4 is 5.73 Å². The number of ether oxygens (including phenoxy) is 1. The van der Waals surface area contributed by atoms with Crippen molar-refractivity contribution >= 4 is 15.7 Å². The van der Waals surface area contributed by atoms with Gasteiger partial charge in [-0.05, 0) is 25.1 Å². The van der Waals surface area contributed by atoms with E-state index in [0.29, 0.717) is 13.2 Å². The molecule has 1 aliphatic rings. The molecule has 1 fully saturated rings. The number of morpholine rings is 1. The number of nitrogen functional groups attached to an aromatic ring is 1. The zero-order chi connectivity index (χ0) is 13.3. The van der Waals surface area contributed by atoms with Crippen molar-refractivity contribution in [2.75, 3.05) is 25.5 Å². The molecule has 0 aliphatic carbocycles. The molecule has 18 heavy (non-hydrogen) atoms. The van der Waals surface area contributed by atoms with Crippen molar-refractivity contribution in [3.8, 4) is 0 Å². The van der Waals surface area contributed by atoms with Crippen LogP contribution in [0.1, 0.15) is 6.92 Å². The number of anilines is 1. The standard InChI is InChI=1S/C11H15FN2O3S/c1-8-7-17-5-4-14(8)18(15,16)11-3-2-9(12)6-10(11)13/h2-3,6,8H,4-5,7,13H2,1H3/t8-/m1/s1. The van der Waals surface area contributed by atoms with Crippen LogP contribution in [0.2, 0.25) is 0 Å². The summed E-state index contributed by atoms with van der Waals surface area (Å²) in [5.74, 6) is -0.554. The molecular weight excluding hydrogens is 259 g/mol. The molecule has 0 saturated carbocycles. The fraction of sp³-hybridized carbons (Fsp3) is 0.455. The fourth-order valence-electron chi connectivity index (χ4n) is 1.95. The summed E-state index contributed by atoms with van der Waals surface area (Å²) >= 11 is 0. The first-order valence-electron chi connectivity index (χ1n) is 5.57. The van der Waals surface area contributed by atoms with Gasteiger partial charge >= 0.3 is 0 Å². The normalized spacial score (nSPS) is 22.0. The first-order chi connectivity index (χ1) is 8.43. The molecule has 1 aromatic rings. The van der Waals surface area contributed by atoms with Crippen LogP contribution in [-0.4, -0.2) is 38.5 Å². The summed E-state index contributed by atoms with van der Waals surface area (Å²) in [6.45, 7) is 2.74. The summed E-state index contributed by atoms with van der Waals surface area (Å²) in [6.07, 6.45) is 0. The van der Waals surface area contributed by atoms with Gasteiger partial charge in [-0.25, -0.2) is 12.8 Å². The van der Waals surface area contributed by atoms with Crippen molar-refractivity contribution in [3.63, 3.8) is 0 Å². The van der Waals surface area contributed by atoms with Gasteiger partial charge in [0.2, 0.25) is 10.0 Å². The maximum atomic E-state index is 12.9. The molecule has 5 nitrogen and oxygen atoms in total. The van der Waals surface area contributed by atoms with Crippen LogP contribution >= 0.6 is 0 Å². The van der Waals surface area contributed by atoms with Gasteiger partial charge in [0.25, 0.3) is 0 Å². The SMILES string of the molecule is C[C@@H]1COCCN1S(=O)(=O)c1ccc(F)cc1N. The van der Waals surface area contributed by atoms with Gasteiger partial charge in [-0.15, -0.1) is 0 Å². The van der Waals surface area contributed by atoms with Crippen LogP contribution in [-0.2, 0) is 14.8 Å². The largest absolute Gasteiger partial charge is 0.398 e. The highest BCUT2D eigenvalue weighted by Gasteiger charge is 2.32. The lowest BCUT2D eigenvalue weighted by Crippen LogP contribution is -2.47. The zero-order valence-electron chi connectivity index (χ0n) is 9.97. The number of sulfonamides is 1. The third-order valence-electron chi connectivity index (χ3n) is 2.87. The van der Waals surface area contributed by atoms with Crippen LogP contribution in [0.15, 0.2) is 23.1 Å². The lowest BCUT2D eigenvalue weighted by atomic mass is 10.3. The fourth-order valence-corrected chi connectivity index (χ4v) is 3.65. The van der Waals surface area contributed by atoms with E-state index in [1.807, 2.05) is 0 Å². The molecule has 0 unspecified atom stereocenters. The molecule has 0 amide bonds. The molecule has 2 rings (SSSR count). The number of nitrogens with zero attached hydrogens (tertiary/aromatic N) is 1. The highest BCUT2D eigenvalue weighted by Crippen LogP contribution is 2.25. The molecule has 7 heteroatoms. The summed E-state index contributed by atoms with van der Waals surface area (Å²) in [4.78, 5) is -0.0577. The summed E-state index contributed by atoms with van der Waals surface area (Å²) in [7, 11) is -3.70. The first-order valence-corrected chi connectivity index (χ1v) is 7.01. The smallest absolute Gasteiger partial charge is 0.245 e. The van der Waals surface area contributed by atoms with Gasteiger partial charge in [0.15, 0.2) is 0 Å². The second-order valence-electron chi connectivity index (χ2n) is 4.22. The van der Waals surface area contributed by atoms with E-state index in [9.17, 15) is 12.8 Å². The van der Waals surface area contributed by atoms with E-state index in [0.717, 1.165) is 12.1 Å². The van der Waals surface area contributed by atoms with Crippen LogP contribution in [0.4, 0.5) is 10.1 Å². The monoisotopic (exact) mass is 274 g/mol. The van der Waals surface area contributed by atoms with E-state index in [2.05, 4.69) is 0 Å². The van der Waals surface area contributed by atoms with E-state index in [1.165, 1.54) is 10.4 Å². The summed E-state index contributed by atoms with van der Waals surface area (Å²) in [5, 5.41) is 0. The maximum Gasteiger partial charge on any atom is 0.245 e. The Bertz CT molecular complexity index is 547. The number of hydrogen-bond donors (Lipinski definition) is 1. The summed E-state index contributed by atoms with van der Waals surface area (Å²) in [6, 6.07) is 3.04. The average molecular weight is 274 g/mol. The number of halogens is 1. The molecule has 1 heterocycles. The predicted molar refractivity (Wildman–Crippen MR) is 65.0 cm³/mol. The lowest BCUT2D eigenvalue weighted by Gasteiger charge is -2.32. The van der Waals surface area contributed by atoms with E-state index in [4.69, 9.17) is 10.5 Å². The van der Waals surface area contributed by atoms with Crippen molar-refractivity contribution in [1.82, 2.24) is 4.31 Å². The minimum absolute atomic E-state index is 0.0577. The maximum absolute atomic E-state index is 12.9. The Morgan fingerprint density at radius 1 is 1.50 bits per heavy atom. The third-order valence-corrected chi connectivity index (χ3v) is 4.95. The molecule has 100 valence electrons. The number of nitrogens with two attached hydrogens (primary N) is 1. The Hall–Kier alpha value is -1.18. The highest BCUT2D eigenvalue weighted by atomic mass is 32.2. The topological polar surface area (TPSA) is 72.6 Å². The van der Waals surface area contributed by atoms with Crippen LogP contribution in [0.25, 0.3) is 0 Å². The Morgan fingerprint density at radius 3 is 2.83 bits per heavy atom. The van der Waals surface area contributed by atoms with Gasteiger partial charge in [-0.2, -0.15) is 4.31 Å². The van der Waals surface area contributed by atoms with Gasteiger partial charge in [0, 0.05) is 12.6 Å². The molecule has 0 aromatic heterocycles. The summed E-state index contributed by atoms with van der Waals surface area (Å²) in [5.41, 5.74) is 5.51. The predicted octanol–water partition coefficient (Wildman–Crippen LogP) is 0.817. The molecule has 0 radical (unpaired) electrons. The van der Waals surface area contributed by atoms with E-state index in [-0.39, 0.29) is 23.2 Å². The number of rotatable bonds is 2. The van der Waals surface area contributed by atoms with Crippen molar-refractivity contribution in [1.29, 1.82) is 0 Å². The Kier molecular flexibility index (Phi) is 3.56. The van der Waals surface area contributed by atoms with Crippen molar-refractivity contribution in [2.45, 2.75) is 17.9 Å². The van der Waals surface area contributed by atoms with Crippen LogP contribution in [0.3, 0.4) is 0 Å². The Morgan fingerprint density at radius 2 is 2.22 bits per heavy atom. The minimum Gasteiger partial charge on any atom is -0.398 e. The van der Waals surface area contributed by atoms with Gasteiger partial charge in [-0.3, -0.25) is 0 Å². The van der Waals surface area contributed by atoms with Crippen molar-refractivity contribution < 1.29 is 17.5 Å². The van der Waals surface area contributed by atoms with Gasteiger partial charge in [0.05, 0.1) is 18.9 Å². The molecule has 1 atom stereocenters. The summed E-state index contributed by atoms with van der Waals surface area (Å²) < 4.78 is 44.3. The van der Waals surface area contributed by atoms with Gasteiger partial charge < -0.3 is 10.5 Å². The number of hydrogen-bond acceptors (Lipinski definition) is 4. The second-order valence-corrected chi connectivity index (χ2v) is 6.08. The van der Waals surface area contributed by atoms with Gasteiger partial charge in [0.1, 0.15) is 10.7 Å². The molecule has 1 saturated heterocycles. The Labute approximate surface area is 105 Å². The Balaban J connectivity index is 2.41. The molecule has 1 aromatic carbocycles. The minimum atomic E-state index is -3.70.